The first-order chi connectivity index (χ1) is 6.67. The Bertz CT molecular complexity index is 327. The van der Waals surface area contributed by atoms with Gasteiger partial charge in [0, 0.05) is 18.8 Å². The van der Waals surface area contributed by atoms with Gasteiger partial charge in [-0.05, 0) is 6.42 Å². The molecule has 78 valence electrons. The van der Waals surface area contributed by atoms with E-state index in [1.165, 1.54) is 0 Å². The van der Waals surface area contributed by atoms with E-state index in [0.717, 1.165) is 17.7 Å². The molecule has 0 unspecified atom stereocenters. The molecule has 0 fully saturated rings. The van der Waals surface area contributed by atoms with Crippen molar-refractivity contribution in [3.8, 4) is 0 Å². The molecule has 5 N–H and O–H groups in total. The number of hydrogen-bond donors (Lipinski definition) is 3. The van der Waals surface area contributed by atoms with E-state index in [1.54, 1.807) is 4.68 Å². The molecular formula is C8H16N6. The van der Waals surface area contributed by atoms with E-state index in [9.17, 15) is 0 Å². The molecule has 0 amide bonds. The molecule has 0 aliphatic carbocycles. The van der Waals surface area contributed by atoms with E-state index in [4.69, 9.17) is 11.6 Å². The summed E-state index contributed by atoms with van der Waals surface area (Å²) in [4.78, 5) is 4.04. The van der Waals surface area contributed by atoms with Crippen LogP contribution in [-0.4, -0.2) is 15.7 Å². The summed E-state index contributed by atoms with van der Waals surface area (Å²) >= 11 is 0. The Hall–Kier alpha value is -1.56. The van der Waals surface area contributed by atoms with Gasteiger partial charge in [-0.2, -0.15) is 5.10 Å². The average molecular weight is 196 g/mol. The van der Waals surface area contributed by atoms with Gasteiger partial charge in [0.1, 0.15) is 0 Å². The van der Waals surface area contributed by atoms with Crippen molar-refractivity contribution < 1.29 is 0 Å². The summed E-state index contributed by atoms with van der Waals surface area (Å²) in [5.74, 6) is 5.32. The van der Waals surface area contributed by atoms with Crippen LogP contribution in [0.5, 0.6) is 0 Å². The van der Waals surface area contributed by atoms with Crippen molar-refractivity contribution in [3.05, 3.63) is 17.5 Å². The minimum absolute atomic E-state index is 0.232. The highest BCUT2D eigenvalue weighted by Crippen LogP contribution is 2.07. The van der Waals surface area contributed by atoms with Gasteiger partial charge in [0.15, 0.2) is 0 Å². The highest BCUT2D eigenvalue weighted by atomic mass is 15.3. The minimum Gasteiger partial charge on any atom is -0.369 e. The van der Waals surface area contributed by atoms with Gasteiger partial charge in [0.2, 0.25) is 5.96 Å². The number of hydrogen-bond acceptors (Lipinski definition) is 3. The van der Waals surface area contributed by atoms with Crippen LogP contribution in [0.3, 0.4) is 0 Å². The van der Waals surface area contributed by atoms with E-state index in [0.29, 0.717) is 6.54 Å². The molecule has 1 rings (SSSR count). The molecule has 0 aromatic carbocycles. The first-order valence-electron chi connectivity index (χ1n) is 4.45. The Labute approximate surface area is 83.0 Å². The van der Waals surface area contributed by atoms with Gasteiger partial charge in [0.25, 0.3) is 0 Å². The molecule has 0 bridgehead atoms. The molecule has 0 aliphatic rings. The third kappa shape index (κ3) is 2.46. The Kier molecular flexibility index (Phi) is 3.47. The Morgan fingerprint density at radius 3 is 3.00 bits per heavy atom. The molecule has 14 heavy (non-hydrogen) atoms. The van der Waals surface area contributed by atoms with Crippen molar-refractivity contribution in [1.29, 1.82) is 0 Å². The second kappa shape index (κ2) is 4.61. The molecule has 0 radical (unpaired) electrons. The first-order valence-corrected chi connectivity index (χ1v) is 4.45. The van der Waals surface area contributed by atoms with Gasteiger partial charge in [0.05, 0.1) is 12.2 Å². The molecule has 6 heteroatoms. The Morgan fingerprint density at radius 1 is 1.71 bits per heavy atom. The van der Waals surface area contributed by atoms with Crippen LogP contribution in [0, 0.1) is 0 Å². The first kappa shape index (κ1) is 10.5. The normalized spacial score (nSPS) is 11.8. The number of rotatable bonds is 3. The van der Waals surface area contributed by atoms with Crippen molar-refractivity contribution in [3.63, 3.8) is 0 Å². The summed E-state index contributed by atoms with van der Waals surface area (Å²) in [7, 11) is 1.89. The fourth-order valence-electron chi connectivity index (χ4n) is 1.23. The molecule has 1 aromatic rings. The number of nitrogens with zero attached hydrogens (tertiary/aromatic N) is 3. The number of aromatic nitrogens is 2. The molecule has 0 saturated carbocycles. The number of aryl methyl sites for hydroxylation is 2. The van der Waals surface area contributed by atoms with Gasteiger partial charge in [-0.25, -0.2) is 10.8 Å². The predicted octanol–water partition coefficient (Wildman–Crippen LogP) is -0.739. The van der Waals surface area contributed by atoms with E-state index in [1.807, 2.05) is 13.2 Å². The van der Waals surface area contributed by atoms with Gasteiger partial charge in [-0.1, -0.05) is 6.92 Å². The van der Waals surface area contributed by atoms with Gasteiger partial charge in [-0.15, -0.1) is 0 Å². The lowest BCUT2D eigenvalue weighted by Gasteiger charge is -1.98. The lowest BCUT2D eigenvalue weighted by molar-refractivity contribution is 0.746. The molecule has 1 aromatic heterocycles. The molecule has 0 saturated heterocycles. The van der Waals surface area contributed by atoms with Crippen molar-refractivity contribution in [2.45, 2.75) is 19.9 Å². The summed E-state index contributed by atoms with van der Waals surface area (Å²) in [6.45, 7) is 2.56. The van der Waals surface area contributed by atoms with E-state index in [-0.39, 0.29) is 5.96 Å². The number of nitrogens with two attached hydrogens (primary N) is 2. The van der Waals surface area contributed by atoms with Crippen LogP contribution in [-0.2, 0) is 20.0 Å². The third-order valence-electron chi connectivity index (χ3n) is 1.89. The molecule has 0 atom stereocenters. The van der Waals surface area contributed by atoms with Gasteiger partial charge >= 0.3 is 0 Å². The quantitative estimate of drug-likeness (QED) is 0.257. The predicted molar refractivity (Wildman–Crippen MR) is 55.2 cm³/mol. The number of aliphatic imine (C=N–C) groups is 1. The number of guanidine groups is 1. The van der Waals surface area contributed by atoms with Gasteiger partial charge < -0.3 is 5.73 Å². The number of hydrazine groups is 1. The summed E-state index contributed by atoms with van der Waals surface area (Å²) in [5.41, 5.74) is 9.81. The second-order valence-electron chi connectivity index (χ2n) is 2.97. The third-order valence-corrected chi connectivity index (χ3v) is 1.89. The van der Waals surface area contributed by atoms with Crippen LogP contribution in [0.1, 0.15) is 18.2 Å². The zero-order valence-electron chi connectivity index (χ0n) is 8.49. The zero-order valence-corrected chi connectivity index (χ0v) is 8.49. The summed E-state index contributed by atoms with van der Waals surface area (Å²) in [5, 5.41) is 4.29. The highest BCUT2D eigenvalue weighted by Gasteiger charge is 2.04. The van der Waals surface area contributed by atoms with Crippen LogP contribution in [0.15, 0.2) is 11.2 Å². The minimum atomic E-state index is 0.232. The van der Waals surface area contributed by atoms with Crippen molar-refractivity contribution in [2.75, 3.05) is 0 Å². The molecule has 0 aliphatic heterocycles. The largest absolute Gasteiger partial charge is 0.369 e. The summed E-state index contributed by atoms with van der Waals surface area (Å²) in [6.07, 6.45) is 2.83. The van der Waals surface area contributed by atoms with Crippen molar-refractivity contribution in [1.82, 2.24) is 15.2 Å². The average Bonchev–Trinajstić information content (AvgIpc) is 2.55. The lowest BCUT2D eigenvalue weighted by atomic mass is 10.2. The van der Waals surface area contributed by atoms with E-state index >= 15 is 0 Å². The van der Waals surface area contributed by atoms with Crippen LogP contribution < -0.4 is 17.0 Å². The maximum absolute atomic E-state index is 5.41. The molecule has 0 spiro atoms. The highest BCUT2D eigenvalue weighted by molar-refractivity contribution is 5.77. The lowest BCUT2D eigenvalue weighted by Crippen LogP contribution is -2.37. The Morgan fingerprint density at radius 2 is 2.43 bits per heavy atom. The van der Waals surface area contributed by atoms with Crippen LogP contribution in [0.4, 0.5) is 0 Å². The standard InChI is InChI=1S/C8H16N6/c1-3-7-6(5-14(2)13-7)4-11-8(9)12-10/h5H,3-4,10H2,1-2H3,(H3,9,11,12). The fourth-order valence-corrected chi connectivity index (χ4v) is 1.23. The maximum atomic E-state index is 5.41. The Balaban J connectivity index is 2.75. The molecular weight excluding hydrogens is 180 g/mol. The van der Waals surface area contributed by atoms with Crippen LogP contribution in [0.25, 0.3) is 0 Å². The SMILES string of the molecule is CCc1nn(C)cc1CN=C(N)NN. The van der Waals surface area contributed by atoms with E-state index in [2.05, 4.69) is 22.4 Å². The number of nitrogens with one attached hydrogen (secondary N) is 1. The van der Waals surface area contributed by atoms with Crippen LogP contribution >= 0.6 is 0 Å². The molecule has 1 heterocycles. The monoisotopic (exact) mass is 196 g/mol. The molecule has 6 nitrogen and oxygen atoms in total. The summed E-state index contributed by atoms with van der Waals surface area (Å²) in [6, 6.07) is 0. The van der Waals surface area contributed by atoms with Crippen molar-refractivity contribution >= 4 is 5.96 Å². The van der Waals surface area contributed by atoms with Crippen LogP contribution in [0.2, 0.25) is 0 Å². The smallest absolute Gasteiger partial charge is 0.203 e. The van der Waals surface area contributed by atoms with E-state index < -0.39 is 0 Å². The second-order valence-corrected chi connectivity index (χ2v) is 2.97. The topological polar surface area (TPSA) is 94.2 Å². The van der Waals surface area contributed by atoms with Crippen molar-refractivity contribution in [2.24, 2.45) is 23.6 Å². The maximum Gasteiger partial charge on any atom is 0.203 e. The summed E-state index contributed by atoms with van der Waals surface area (Å²) < 4.78 is 1.77. The van der Waals surface area contributed by atoms with Gasteiger partial charge in [-0.3, -0.25) is 10.1 Å². The zero-order chi connectivity index (χ0) is 10.6. The fraction of sp³-hybridized carbons (Fsp3) is 0.500.